The maximum Gasteiger partial charge on any atom is 0.416 e. The van der Waals surface area contributed by atoms with Gasteiger partial charge in [0.1, 0.15) is 5.76 Å². The molecule has 0 N–H and O–H groups in total. The van der Waals surface area contributed by atoms with E-state index in [2.05, 4.69) is 4.98 Å². The predicted octanol–water partition coefficient (Wildman–Crippen LogP) is 4.91. The molecule has 106 valence electrons. The van der Waals surface area contributed by atoms with Crippen molar-refractivity contribution in [3.05, 3.63) is 52.7 Å². The molecule has 2 nitrogen and oxygen atoms in total. The van der Waals surface area contributed by atoms with Gasteiger partial charge in [0.05, 0.1) is 17.1 Å². The van der Waals surface area contributed by atoms with Crippen LogP contribution >= 0.6 is 11.6 Å². The number of benzene rings is 1. The molecule has 1 aromatic heterocycles. The van der Waals surface area contributed by atoms with Crippen LogP contribution in [0.15, 0.2) is 28.7 Å². The second-order valence-corrected chi connectivity index (χ2v) is 4.41. The molecule has 0 aliphatic carbocycles. The number of rotatable bonds is 3. The number of hydrogen-bond donors (Lipinski definition) is 0. The van der Waals surface area contributed by atoms with Crippen molar-refractivity contribution < 1.29 is 17.6 Å². The van der Waals surface area contributed by atoms with Gasteiger partial charge in [0, 0.05) is 6.08 Å². The van der Waals surface area contributed by atoms with Crippen molar-refractivity contribution in [2.24, 2.45) is 0 Å². The second-order valence-electron chi connectivity index (χ2n) is 4.15. The van der Waals surface area contributed by atoms with Crippen LogP contribution in [0.3, 0.4) is 0 Å². The summed E-state index contributed by atoms with van der Waals surface area (Å²) in [6, 6.07) is 5.02. The highest BCUT2D eigenvalue weighted by Gasteiger charge is 2.30. The van der Waals surface area contributed by atoms with E-state index in [9.17, 15) is 13.2 Å². The molecule has 0 atom stereocenters. The second kappa shape index (κ2) is 5.71. The number of hydrogen-bond acceptors (Lipinski definition) is 2. The molecule has 0 saturated carbocycles. The third-order valence-electron chi connectivity index (χ3n) is 2.67. The lowest BCUT2D eigenvalue weighted by Gasteiger charge is -2.06. The molecule has 0 aliphatic rings. The standard InChI is InChI=1S/C14H11ClF3NO/c1-9-12(8-15)19-13(20-9)6-5-10-3-2-4-11(7-10)14(16,17)18/h2-7H,8H2,1H3. The summed E-state index contributed by atoms with van der Waals surface area (Å²) in [6.07, 6.45) is -1.33. The summed E-state index contributed by atoms with van der Waals surface area (Å²) in [4.78, 5) is 4.11. The number of halogens is 4. The van der Waals surface area contributed by atoms with Gasteiger partial charge in [-0.2, -0.15) is 13.2 Å². The van der Waals surface area contributed by atoms with Gasteiger partial charge in [-0.1, -0.05) is 12.1 Å². The Labute approximate surface area is 118 Å². The number of alkyl halides is 4. The Balaban J connectivity index is 2.23. The van der Waals surface area contributed by atoms with E-state index in [0.717, 1.165) is 12.1 Å². The van der Waals surface area contributed by atoms with Gasteiger partial charge in [0.2, 0.25) is 5.89 Å². The quantitative estimate of drug-likeness (QED) is 0.753. The van der Waals surface area contributed by atoms with Crippen LogP contribution < -0.4 is 0 Å². The lowest BCUT2D eigenvalue weighted by Crippen LogP contribution is -2.04. The largest absolute Gasteiger partial charge is 0.442 e. The van der Waals surface area contributed by atoms with Crippen LogP contribution in [0.4, 0.5) is 13.2 Å². The minimum Gasteiger partial charge on any atom is -0.442 e. The molecule has 2 rings (SSSR count). The highest BCUT2D eigenvalue weighted by Crippen LogP contribution is 2.29. The highest BCUT2D eigenvalue weighted by atomic mass is 35.5. The third kappa shape index (κ3) is 3.42. The summed E-state index contributed by atoms with van der Waals surface area (Å²) in [6.45, 7) is 1.73. The van der Waals surface area contributed by atoms with Gasteiger partial charge in [0.25, 0.3) is 0 Å². The molecular weight excluding hydrogens is 291 g/mol. The first-order valence-corrected chi connectivity index (χ1v) is 6.31. The molecule has 0 amide bonds. The monoisotopic (exact) mass is 301 g/mol. The SMILES string of the molecule is Cc1oc(C=Cc2cccc(C(F)(F)F)c2)nc1CCl. The minimum absolute atomic E-state index is 0.229. The lowest BCUT2D eigenvalue weighted by atomic mass is 10.1. The number of aryl methyl sites for hydroxylation is 1. The topological polar surface area (TPSA) is 26.0 Å². The van der Waals surface area contributed by atoms with E-state index in [0.29, 0.717) is 22.9 Å². The molecule has 2 aromatic rings. The summed E-state index contributed by atoms with van der Waals surface area (Å²) in [5.41, 5.74) is 0.350. The molecule has 0 fully saturated rings. The Morgan fingerprint density at radius 3 is 2.65 bits per heavy atom. The Morgan fingerprint density at radius 2 is 2.05 bits per heavy atom. The van der Waals surface area contributed by atoms with Crippen LogP contribution in [0.2, 0.25) is 0 Å². The molecule has 0 saturated heterocycles. The average Bonchev–Trinajstić information content (AvgIpc) is 2.76. The first-order valence-electron chi connectivity index (χ1n) is 5.78. The zero-order valence-corrected chi connectivity index (χ0v) is 11.3. The average molecular weight is 302 g/mol. The van der Waals surface area contributed by atoms with Gasteiger partial charge in [0.15, 0.2) is 0 Å². The third-order valence-corrected chi connectivity index (χ3v) is 2.92. The fourth-order valence-corrected chi connectivity index (χ4v) is 1.88. The van der Waals surface area contributed by atoms with Crippen molar-refractivity contribution in [2.75, 3.05) is 0 Å². The van der Waals surface area contributed by atoms with Gasteiger partial charge in [-0.15, -0.1) is 11.6 Å². The molecule has 6 heteroatoms. The van der Waals surface area contributed by atoms with Crippen molar-refractivity contribution in [1.29, 1.82) is 0 Å². The van der Waals surface area contributed by atoms with Gasteiger partial charge in [-0.25, -0.2) is 4.98 Å². The van der Waals surface area contributed by atoms with Gasteiger partial charge < -0.3 is 4.42 Å². The van der Waals surface area contributed by atoms with Gasteiger partial charge >= 0.3 is 6.18 Å². The fraction of sp³-hybridized carbons (Fsp3) is 0.214. The van der Waals surface area contributed by atoms with Crippen LogP contribution in [0.1, 0.15) is 28.5 Å². The van der Waals surface area contributed by atoms with E-state index in [-0.39, 0.29) is 5.88 Å². The van der Waals surface area contributed by atoms with Crippen molar-refractivity contribution in [3.63, 3.8) is 0 Å². The van der Waals surface area contributed by atoms with Gasteiger partial charge in [-0.05, 0) is 30.7 Å². The van der Waals surface area contributed by atoms with E-state index < -0.39 is 11.7 Å². The molecule has 1 aromatic carbocycles. The maximum absolute atomic E-state index is 12.6. The first-order chi connectivity index (χ1) is 9.40. The molecule has 0 radical (unpaired) electrons. The molecule has 0 spiro atoms. The van der Waals surface area contributed by atoms with Crippen LogP contribution in [-0.2, 0) is 12.1 Å². The van der Waals surface area contributed by atoms with Crippen LogP contribution in [0, 0.1) is 6.92 Å². The van der Waals surface area contributed by atoms with E-state index >= 15 is 0 Å². The fourth-order valence-electron chi connectivity index (χ4n) is 1.63. The zero-order chi connectivity index (χ0) is 14.8. The Kier molecular flexibility index (Phi) is 4.18. The zero-order valence-electron chi connectivity index (χ0n) is 10.5. The summed E-state index contributed by atoms with van der Waals surface area (Å²) in [5.74, 6) is 1.14. The van der Waals surface area contributed by atoms with E-state index in [4.69, 9.17) is 16.0 Å². The van der Waals surface area contributed by atoms with Crippen LogP contribution in [-0.4, -0.2) is 4.98 Å². The molecule has 0 bridgehead atoms. The van der Waals surface area contributed by atoms with Gasteiger partial charge in [-0.3, -0.25) is 0 Å². The summed E-state index contributed by atoms with van der Waals surface area (Å²) in [7, 11) is 0. The summed E-state index contributed by atoms with van der Waals surface area (Å²) < 4.78 is 43.0. The maximum atomic E-state index is 12.6. The number of aromatic nitrogens is 1. The molecule has 20 heavy (non-hydrogen) atoms. The van der Waals surface area contributed by atoms with E-state index in [1.165, 1.54) is 18.2 Å². The highest BCUT2D eigenvalue weighted by molar-refractivity contribution is 6.16. The van der Waals surface area contributed by atoms with Crippen molar-refractivity contribution in [3.8, 4) is 0 Å². The van der Waals surface area contributed by atoms with Crippen LogP contribution in [0.25, 0.3) is 12.2 Å². The summed E-state index contributed by atoms with van der Waals surface area (Å²) >= 11 is 5.66. The molecular formula is C14H11ClF3NO. The van der Waals surface area contributed by atoms with Crippen molar-refractivity contribution in [1.82, 2.24) is 4.98 Å². The van der Waals surface area contributed by atoms with E-state index in [1.807, 2.05) is 0 Å². The molecule has 1 heterocycles. The van der Waals surface area contributed by atoms with Crippen molar-refractivity contribution in [2.45, 2.75) is 19.0 Å². The minimum atomic E-state index is -4.35. The summed E-state index contributed by atoms with van der Waals surface area (Å²) in [5, 5.41) is 0. The molecule has 0 unspecified atom stereocenters. The van der Waals surface area contributed by atoms with Crippen molar-refractivity contribution >= 4 is 23.8 Å². The Bertz CT molecular complexity index is 632. The number of oxazole rings is 1. The normalized spacial score (nSPS) is 12.2. The lowest BCUT2D eigenvalue weighted by molar-refractivity contribution is -0.137. The first kappa shape index (κ1) is 14.7. The Hall–Kier alpha value is -1.75. The smallest absolute Gasteiger partial charge is 0.416 e. The van der Waals surface area contributed by atoms with Crippen LogP contribution in [0.5, 0.6) is 0 Å². The molecule has 0 aliphatic heterocycles. The predicted molar refractivity (Wildman–Crippen MR) is 71.2 cm³/mol. The number of nitrogens with zero attached hydrogens (tertiary/aromatic N) is 1. The Morgan fingerprint density at radius 1 is 1.30 bits per heavy atom. The van der Waals surface area contributed by atoms with E-state index in [1.54, 1.807) is 13.0 Å².